The molecule has 0 aliphatic heterocycles. The summed E-state index contributed by atoms with van der Waals surface area (Å²) >= 11 is 9.85. The minimum atomic E-state index is 0.521. The Balaban J connectivity index is 1.63. The van der Waals surface area contributed by atoms with Crippen molar-refractivity contribution in [1.82, 2.24) is 9.97 Å². The van der Waals surface area contributed by atoms with E-state index in [1.807, 2.05) is 0 Å². The number of benzene rings is 2. The van der Waals surface area contributed by atoms with E-state index in [0.717, 1.165) is 32.3 Å². The topological polar surface area (TPSA) is 25.8 Å². The van der Waals surface area contributed by atoms with E-state index in [9.17, 15) is 0 Å². The van der Waals surface area contributed by atoms with Crippen LogP contribution in [0.2, 0.25) is 5.15 Å². The lowest BCUT2D eigenvalue weighted by Crippen LogP contribution is -1.91. The molecule has 0 spiro atoms. The first-order valence-corrected chi connectivity index (χ1v) is 11.5. The van der Waals surface area contributed by atoms with Crippen molar-refractivity contribution in [2.75, 3.05) is 0 Å². The maximum Gasteiger partial charge on any atom is 0.190 e. The second-order valence-electron chi connectivity index (χ2n) is 7.12. The van der Waals surface area contributed by atoms with Crippen LogP contribution < -0.4 is 0 Å². The summed E-state index contributed by atoms with van der Waals surface area (Å²) in [7, 11) is 0. The van der Waals surface area contributed by atoms with Crippen molar-refractivity contribution < 1.29 is 0 Å². The minimum absolute atomic E-state index is 0.521. The van der Waals surface area contributed by atoms with E-state index in [-0.39, 0.29) is 0 Å². The predicted octanol–water partition coefficient (Wildman–Crippen LogP) is 7.74. The van der Waals surface area contributed by atoms with Crippen molar-refractivity contribution in [2.45, 2.75) is 37.6 Å². The number of rotatable bonds is 5. The van der Waals surface area contributed by atoms with Gasteiger partial charge in [-0.2, -0.15) is 0 Å². The standard InChI is InChI=1S/C23H21ClN2S2/c1-14(2)16-8-10-17(11-9-16)19-13-27-22-20(19)21(24)25-23(26-22)28-12-18-7-5-4-6-15(18)3/h4-11,13-14H,12H2,1-3H3. The normalized spacial score (nSPS) is 11.5. The van der Waals surface area contributed by atoms with Crippen LogP contribution in [0, 0.1) is 6.92 Å². The lowest BCUT2D eigenvalue weighted by atomic mass is 9.99. The first-order valence-electron chi connectivity index (χ1n) is 9.25. The average Bonchev–Trinajstić information content (AvgIpc) is 3.12. The Kier molecular flexibility index (Phi) is 5.72. The molecule has 2 heterocycles. The number of thiophene rings is 1. The summed E-state index contributed by atoms with van der Waals surface area (Å²) < 4.78 is 0. The van der Waals surface area contributed by atoms with Crippen LogP contribution in [0.3, 0.4) is 0 Å². The van der Waals surface area contributed by atoms with Crippen LogP contribution >= 0.6 is 34.7 Å². The van der Waals surface area contributed by atoms with Crippen LogP contribution in [0.25, 0.3) is 21.3 Å². The van der Waals surface area contributed by atoms with E-state index in [0.29, 0.717) is 11.1 Å². The second kappa shape index (κ2) is 8.24. The third-order valence-corrected chi connectivity index (χ3v) is 6.92. The maximum absolute atomic E-state index is 6.60. The molecule has 0 saturated carbocycles. The highest BCUT2D eigenvalue weighted by molar-refractivity contribution is 7.98. The number of thioether (sulfide) groups is 1. The molecule has 0 radical (unpaired) electrons. The van der Waals surface area contributed by atoms with Gasteiger partial charge in [-0.25, -0.2) is 9.97 Å². The molecule has 0 atom stereocenters. The zero-order valence-electron chi connectivity index (χ0n) is 16.1. The maximum atomic E-state index is 6.60. The fraction of sp³-hybridized carbons (Fsp3) is 0.217. The largest absolute Gasteiger partial charge is 0.211 e. The number of hydrogen-bond donors (Lipinski definition) is 0. The Morgan fingerprint density at radius 3 is 2.50 bits per heavy atom. The third kappa shape index (κ3) is 3.95. The van der Waals surface area contributed by atoms with Crippen LogP contribution in [0.5, 0.6) is 0 Å². The van der Waals surface area contributed by atoms with Crippen LogP contribution in [-0.2, 0) is 5.75 Å². The van der Waals surface area contributed by atoms with Crippen molar-refractivity contribution in [1.29, 1.82) is 0 Å². The molecule has 2 nitrogen and oxygen atoms in total. The second-order valence-corrected chi connectivity index (χ2v) is 9.28. The van der Waals surface area contributed by atoms with Crippen molar-refractivity contribution in [3.8, 4) is 11.1 Å². The summed E-state index contributed by atoms with van der Waals surface area (Å²) in [5, 5.41) is 4.33. The molecule has 0 aliphatic rings. The molecule has 0 aliphatic carbocycles. The zero-order chi connectivity index (χ0) is 19.7. The molecular formula is C23H21ClN2S2. The SMILES string of the molecule is Cc1ccccc1CSc1nc(Cl)c2c(-c3ccc(C(C)C)cc3)csc2n1. The zero-order valence-corrected chi connectivity index (χ0v) is 18.5. The molecule has 0 N–H and O–H groups in total. The Morgan fingerprint density at radius 1 is 1.04 bits per heavy atom. The molecule has 142 valence electrons. The van der Waals surface area contributed by atoms with Crippen molar-refractivity contribution in [3.05, 3.63) is 75.8 Å². The molecule has 4 rings (SSSR count). The number of nitrogens with zero attached hydrogens (tertiary/aromatic N) is 2. The molecule has 0 unspecified atom stereocenters. The fourth-order valence-corrected chi connectivity index (χ4v) is 5.42. The molecule has 2 aromatic heterocycles. The van der Waals surface area contributed by atoms with Crippen molar-refractivity contribution in [2.24, 2.45) is 0 Å². The van der Waals surface area contributed by atoms with Gasteiger partial charge in [0, 0.05) is 16.7 Å². The summed E-state index contributed by atoms with van der Waals surface area (Å²) in [4.78, 5) is 10.3. The number of fused-ring (bicyclic) bond motifs is 1. The number of aryl methyl sites for hydroxylation is 1. The van der Waals surface area contributed by atoms with Gasteiger partial charge < -0.3 is 0 Å². The number of hydrogen-bond acceptors (Lipinski definition) is 4. The molecule has 28 heavy (non-hydrogen) atoms. The minimum Gasteiger partial charge on any atom is -0.211 e. The molecule has 4 aromatic rings. The molecular weight excluding hydrogens is 404 g/mol. The van der Waals surface area contributed by atoms with Gasteiger partial charge in [-0.15, -0.1) is 11.3 Å². The molecule has 0 bridgehead atoms. The molecule has 2 aromatic carbocycles. The summed E-state index contributed by atoms with van der Waals surface area (Å²) in [5.41, 5.74) is 6.17. The highest BCUT2D eigenvalue weighted by Gasteiger charge is 2.15. The van der Waals surface area contributed by atoms with Crippen LogP contribution in [-0.4, -0.2) is 9.97 Å². The van der Waals surface area contributed by atoms with Crippen molar-refractivity contribution >= 4 is 44.9 Å². The van der Waals surface area contributed by atoms with Gasteiger partial charge in [0.15, 0.2) is 5.16 Å². The Hall–Kier alpha value is -1.88. The summed E-state index contributed by atoms with van der Waals surface area (Å²) in [6, 6.07) is 17.1. The fourth-order valence-electron chi connectivity index (χ4n) is 3.12. The van der Waals surface area contributed by atoms with Gasteiger partial charge in [-0.3, -0.25) is 0 Å². The van der Waals surface area contributed by atoms with E-state index >= 15 is 0 Å². The van der Waals surface area contributed by atoms with Gasteiger partial charge in [-0.05, 0) is 35.1 Å². The van der Waals surface area contributed by atoms with E-state index < -0.39 is 0 Å². The summed E-state index contributed by atoms with van der Waals surface area (Å²) in [6.45, 7) is 6.54. The van der Waals surface area contributed by atoms with Gasteiger partial charge in [0.05, 0.1) is 5.39 Å². The monoisotopic (exact) mass is 424 g/mol. The Morgan fingerprint density at radius 2 is 1.79 bits per heavy atom. The quantitative estimate of drug-likeness (QED) is 0.186. The van der Waals surface area contributed by atoms with Gasteiger partial charge in [-0.1, -0.05) is 85.7 Å². The summed E-state index contributed by atoms with van der Waals surface area (Å²) in [5.74, 6) is 1.36. The van der Waals surface area contributed by atoms with Gasteiger partial charge in [0.1, 0.15) is 9.98 Å². The predicted molar refractivity (Wildman–Crippen MR) is 123 cm³/mol. The molecule has 0 saturated heterocycles. The van der Waals surface area contributed by atoms with Crippen LogP contribution in [0.4, 0.5) is 0 Å². The lowest BCUT2D eigenvalue weighted by Gasteiger charge is -2.08. The van der Waals surface area contributed by atoms with E-state index in [1.54, 1.807) is 23.1 Å². The van der Waals surface area contributed by atoms with Crippen LogP contribution in [0.1, 0.15) is 36.5 Å². The van der Waals surface area contributed by atoms with Crippen LogP contribution in [0.15, 0.2) is 59.1 Å². The lowest BCUT2D eigenvalue weighted by molar-refractivity contribution is 0.867. The molecule has 0 fully saturated rings. The third-order valence-electron chi connectivity index (χ3n) is 4.88. The van der Waals surface area contributed by atoms with E-state index in [1.165, 1.54) is 16.7 Å². The average molecular weight is 425 g/mol. The smallest absolute Gasteiger partial charge is 0.190 e. The Labute approximate surface area is 179 Å². The highest BCUT2D eigenvalue weighted by atomic mass is 35.5. The highest BCUT2D eigenvalue weighted by Crippen LogP contribution is 2.38. The van der Waals surface area contributed by atoms with E-state index in [4.69, 9.17) is 16.6 Å². The molecule has 5 heteroatoms. The first-order chi connectivity index (χ1) is 13.5. The molecule has 0 amide bonds. The number of halogens is 1. The number of aromatic nitrogens is 2. The van der Waals surface area contributed by atoms with Gasteiger partial charge in [0.2, 0.25) is 0 Å². The van der Waals surface area contributed by atoms with Gasteiger partial charge in [0.25, 0.3) is 0 Å². The first kappa shape index (κ1) is 19.4. The van der Waals surface area contributed by atoms with Gasteiger partial charge >= 0.3 is 0 Å². The summed E-state index contributed by atoms with van der Waals surface area (Å²) in [6.07, 6.45) is 0. The van der Waals surface area contributed by atoms with E-state index in [2.05, 4.69) is 79.7 Å². The van der Waals surface area contributed by atoms with Crippen molar-refractivity contribution in [3.63, 3.8) is 0 Å². The Bertz CT molecular complexity index is 1120.